The number of alkyl halides is 3. The fourth-order valence-corrected chi connectivity index (χ4v) is 3.50. The van der Waals surface area contributed by atoms with Gasteiger partial charge in [-0.1, -0.05) is 30.3 Å². The van der Waals surface area contributed by atoms with Crippen LogP contribution in [0.15, 0.2) is 30.3 Å². The number of nitrogens with zero attached hydrogens (tertiary/aromatic N) is 6. The van der Waals surface area contributed by atoms with E-state index in [1.54, 1.807) is 18.7 Å². The third kappa shape index (κ3) is 4.12. The molecule has 1 fully saturated rings. The van der Waals surface area contributed by atoms with Crippen molar-refractivity contribution in [3.63, 3.8) is 0 Å². The Bertz CT molecular complexity index is 1090. The zero-order chi connectivity index (χ0) is 22.2. The maximum Gasteiger partial charge on any atom is 0.453 e. The summed E-state index contributed by atoms with van der Waals surface area (Å²) in [5, 5.41) is 11.1. The number of hydrogen-bond donors (Lipinski definition) is 0. The Morgan fingerprint density at radius 1 is 1.03 bits per heavy atom. The first-order chi connectivity index (χ1) is 14.8. The van der Waals surface area contributed by atoms with Crippen LogP contribution in [0.2, 0.25) is 0 Å². The van der Waals surface area contributed by atoms with Crippen molar-refractivity contribution in [2.45, 2.75) is 26.6 Å². The van der Waals surface area contributed by atoms with Crippen LogP contribution in [0.4, 0.5) is 23.8 Å². The summed E-state index contributed by atoms with van der Waals surface area (Å²) in [6, 6.07) is 9.37. The van der Waals surface area contributed by atoms with E-state index >= 15 is 0 Å². The van der Waals surface area contributed by atoms with E-state index in [0.29, 0.717) is 37.6 Å². The predicted molar refractivity (Wildman–Crippen MR) is 106 cm³/mol. The maximum absolute atomic E-state index is 13.3. The van der Waals surface area contributed by atoms with Gasteiger partial charge in [-0.25, -0.2) is 4.79 Å². The Hall–Kier alpha value is -3.37. The molecule has 0 atom stereocenters. The number of fused-ring (bicyclic) bond motifs is 1. The van der Waals surface area contributed by atoms with E-state index in [2.05, 4.69) is 15.3 Å². The zero-order valence-electron chi connectivity index (χ0n) is 17.1. The molecule has 0 aliphatic carbocycles. The molecule has 0 unspecified atom stereocenters. The van der Waals surface area contributed by atoms with Crippen molar-refractivity contribution in [1.82, 2.24) is 24.7 Å². The van der Waals surface area contributed by atoms with E-state index in [1.165, 1.54) is 0 Å². The second-order valence-corrected chi connectivity index (χ2v) is 7.34. The molecule has 3 aromatic rings. The highest BCUT2D eigenvalue weighted by atomic mass is 19.4. The van der Waals surface area contributed by atoms with Crippen molar-refractivity contribution in [3.8, 4) is 0 Å². The van der Waals surface area contributed by atoms with Gasteiger partial charge >= 0.3 is 12.3 Å². The number of carbonyl (C=O) groups excluding carboxylic acids is 1. The maximum atomic E-state index is 13.3. The number of anilines is 1. The Morgan fingerprint density at radius 3 is 2.35 bits per heavy atom. The van der Waals surface area contributed by atoms with Crippen LogP contribution >= 0.6 is 0 Å². The van der Waals surface area contributed by atoms with Crippen molar-refractivity contribution in [3.05, 3.63) is 52.8 Å². The van der Waals surface area contributed by atoms with Gasteiger partial charge in [-0.15, -0.1) is 15.3 Å². The summed E-state index contributed by atoms with van der Waals surface area (Å²) in [7, 11) is 0. The quantitative estimate of drug-likeness (QED) is 0.630. The highest BCUT2D eigenvalue weighted by Gasteiger charge is 2.38. The van der Waals surface area contributed by atoms with Gasteiger partial charge in [0.05, 0.1) is 0 Å². The summed E-state index contributed by atoms with van der Waals surface area (Å²) >= 11 is 0. The van der Waals surface area contributed by atoms with Crippen LogP contribution in [0.1, 0.15) is 22.5 Å². The molecule has 1 aromatic carbocycles. The summed E-state index contributed by atoms with van der Waals surface area (Å²) in [5.74, 6) is -0.734. The largest absolute Gasteiger partial charge is 0.453 e. The Balaban J connectivity index is 1.47. The summed E-state index contributed by atoms with van der Waals surface area (Å²) in [4.78, 5) is 15.8. The molecule has 8 nitrogen and oxygen atoms in total. The van der Waals surface area contributed by atoms with Gasteiger partial charge in [-0.2, -0.15) is 17.7 Å². The highest BCUT2D eigenvalue weighted by Crippen LogP contribution is 2.30. The highest BCUT2D eigenvalue weighted by molar-refractivity contribution is 5.68. The lowest BCUT2D eigenvalue weighted by atomic mass is 10.1. The SMILES string of the molecule is Cc1c(N2CCN(C(=O)OCc3ccccc3)CC2)nn2c(C(F)(F)F)nnc2c1C. The van der Waals surface area contributed by atoms with Crippen molar-refractivity contribution in [2.24, 2.45) is 0 Å². The number of ether oxygens (including phenoxy) is 1. The number of piperazine rings is 1. The third-order valence-corrected chi connectivity index (χ3v) is 5.36. The van der Waals surface area contributed by atoms with Gasteiger partial charge in [0.1, 0.15) is 6.61 Å². The standard InChI is InChI=1S/C20H21F3N6O2/c1-13-14(2)17(26-29-16(13)24-25-18(29)20(21,22)23)27-8-10-28(11-9-27)19(30)31-12-15-6-4-3-5-7-15/h3-7H,8-12H2,1-2H3. The molecule has 1 amide bonds. The minimum absolute atomic E-state index is 0.0803. The molecule has 0 N–H and O–H groups in total. The van der Waals surface area contributed by atoms with Gasteiger partial charge in [0.2, 0.25) is 0 Å². The van der Waals surface area contributed by atoms with Gasteiger partial charge in [0.25, 0.3) is 5.82 Å². The Kier molecular flexibility index (Phi) is 5.42. The first-order valence-corrected chi connectivity index (χ1v) is 9.76. The number of amides is 1. The molecule has 1 saturated heterocycles. The number of aromatic nitrogens is 4. The van der Waals surface area contributed by atoms with Gasteiger partial charge in [-0.3, -0.25) is 0 Å². The van der Waals surface area contributed by atoms with Crippen molar-refractivity contribution < 1.29 is 22.7 Å². The number of halogens is 3. The second-order valence-electron chi connectivity index (χ2n) is 7.34. The van der Waals surface area contributed by atoms with Crippen molar-refractivity contribution in [2.75, 3.05) is 31.1 Å². The molecule has 164 valence electrons. The zero-order valence-corrected chi connectivity index (χ0v) is 17.1. The Morgan fingerprint density at radius 2 is 1.71 bits per heavy atom. The third-order valence-electron chi connectivity index (χ3n) is 5.36. The summed E-state index contributed by atoms with van der Waals surface area (Å²) in [5.41, 5.74) is 2.29. The number of benzene rings is 1. The topological polar surface area (TPSA) is 75.9 Å². The molecular formula is C20H21F3N6O2. The normalized spacial score (nSPS) is 14.9. The lowest BCUT2D eigenvalue weighted by Gasteiger charge is -2.35. The van der Waals surface area contributed by atoms with E-state index in [4.69, 9.17) is 4.74 Å². The molecule has 0 bridgehead atoms. The first-order valence-electron chi connectivity index (χ1n) is 9.76. The van der Waals surface area contributed by atoms with Crippen LogP contribution in [-0.4, -0.2) is 57.0 Å². The van der Waals surface area contributed by atoms with Gasteiger partial charge in [-0.05, 0) is 19.4 Å². The first kappa shape index (κ1) is 20.9. The molecule has 0 radical (unpaired) electrons. The summed E-state index contributed by atoms with van der Waals surface area (Å²) in [6.07, 6.45) is -5.08. The number of carbonyl (C=O) groups is 1. The van der Waals surface area contributed by atoms with Crippen LogP contribution < -0.4 is 4.90 Å². The van der Waals surface area contributed by atoms with Crippen LogP contribution in [0.3, 0.4) is 0 Å². The Labute approximate surface area is 176 Å². The van der Waals surface area contributed by atoms with Crippen molar-refractivity contribution >= 4 is 17.6 Å². The van der Waals surface area contributed by atoms with E-state index < -0.39 is 18.1 Å². The molecule has 1 aliphatic heterocycles. The monoisotopic (exact) mass is 434 g/mol. The number of hydrogen-bond acceptors (Lipinski definition) is 6. The minimum atomic E-state index is -4.66. The molecule has 0 saturated carbocycles. The molecule has 31 heavy (non-hydrogen) atoms. The molecular weight excluding hydrogens is 413 g/mol. The summed E-state index contributed by atoms with van der Waals surface area (Å²) < 4.78 is 45.9. The van der Waals surface area contributed by atoms with Gasteiger partial charge in [0.15, 0.2) is 11.5 Å². The molecule has 4 rings (SSSR count). The lowest BCUT2D eigenvalue weighted by Crippen LogP contribution is -2.49. The lowest BCUT2D eigenvalue weighted by molar-refractivity contribution is -0.146. The average molecular weight is 434 g/mol. The van der Waals surface area contributed by atoms with Crippen LogP contribution in [-0.2, 0) is 17.5 Å². The second kappa shape index (κ2) is 8.05. The molecule has 0 spiro atoms. The predicted octanol–water partition coefficient (Wildman–Crippen LogP) is 3.22. The van der Waals surface area contributed by atoms with E-state index in [0.717, 1.165) is 15.6 Å². The van der Waals surface area contributed by atoms with E-state index in [1.807, 2.05) is 35.2 Å². The van der Waals surface area contributed by atoms with Crippen LogP contribution in [0, 0.1) is 13.8 Å². The number of aryl methyl sites for hydroxylation is 1. The average Bonchev–Trinajstić information content (AvgIpc) is 3.20. The van der Waals surface area contributed by atoms with Crippen molar-refractivity contribution in [1.29, 1.82) is 0 Å². The fraction of sp³-hybridized carbons (Fsp3) is 0.400. The molecule has 1 aliphatic rings. The molecule has 2 aromatic heterocycles. The molecule has 11 heteroatoms. The minimum Gasteiger partial charge on any atom is -0.445 e. The molecule has 3 heterocycles. The number of rotatable bonds is 3. The van der Waals surface area contributed by atoms with Crippen LogP contribution in [0.5, 0.6) is 0 Å². The van der Waals surface area contributed by atoms with E-state index in [9.17, 15) is 18.0 Å². The van der Waals surface area contributed by atoms with Crippen LogP contribution in [0.25, 0.3) is 5.65 Å². The summed E-state index contributed by atoms with van der Waals surface area (Å²) in [6.45, 7) is 5.26. The van der Waals surface area contributed by atoms with Gasteiger partial charge < -0.3 is 14.5 Å². The van der Waals surface area contributed by atoms with Gasteiger partial charge in [0, 0.05) is 37.3 Å². The smallest absolute Gasteiger partial charge is 0.445 e. The van der Waals surface area contributed by atoms with E-state index in [-0.39, 0.29) is 12.3 Å². The fourth-order valence-electron chi connectivity index (χ4n) is 3.50.